The Morgan fingerprint density at radius 3 is 1.57 bits per heavy atom. The third-order valence-corrected chi connectivity index (χ3v) is 5.44. The van der Waals surface area contributed by atoms with Gasteiger partial charge in [0.15, 0.2) is 0 Å². The summed E-state index contributed by atoms with van der Waals surface area (Å²) in [4.78, 5) is 49.3. The lowest BCUT2D eigenvalue weighted by atomic mass is 10.1. The van der Waals surface area contributed by atoms with Crippen LogP contribution < -0.4 is 0 Å². The molecule has 8 nitrogen and oxygen atoms in total. The maximum absolute atomic E-state index is 12.6. The van der Waals surface area contributed by atoms with Crippen LogP contribution in [0.4, 0.5) is 0 Å². The molecule has 2 saturated carbocycles. The zero-order valence-electron chi connectivity index (χ0n) is 16.7. The lowest BCUT2D eigenvalue weighted by molar-refractivity contribution is -0.154. The lowest BCUT2D eigenvalue weighted by Crippen LogP contribution is -2.33. The van der Waals surface area contributed by atoms with Gasteiger partial charge in [-0.1, -0.05) is 18.2 Å². The number of rotatable bonds is 8. The van der Waals surface area contributed by atoms with Crippen LogP contribution >= 0.6 is 0 Å². The summed E-state index contributed by atoms with van der Waals surface area (Å²) >= 11 is 0. The molecule has 0 aliphatic heterocycles. The highest BCUT2D eigenvalue weighted by atomic mass is 16.6. The van der Waals surface area contributed by atoms with Gasteiger partial charge >= 0.3 is 23.9 Å². The van der Waals surface area contributed by atoms with Crippen molar-refractivity contribution in [3.8, 4) is 0 Å². The molecule has 2 fully saturated rings. The normalized spacial score (nSPS) is 28.5. The number of carbonyl (C=O) groups excluding carboxylic acids is 4. The van der Waals surface area contributed by atoms with E-state index in [0.717, 1.165) is 0 Å². The van der Waals surface area contributed by atoms with Crippen LogP contribution in [0.15, 0.2) is 49.6 Å². The fraction of sp³-hybridized carbons (Fsp3) is 0.364. The van der Waals surface area contributed by atoms with Crippen molar-refractivity contribution in [3.63, 3.8) is 0 Å². The molecule has 0 N–H and O–H groups in total. The minimum Gasteiger partial charge on any atom is -0.466 e. The van der Waals surface area contributed by atoms with E-state index in [2.05, 4.69) is 13.2 Å². The van der Waals surface area contributed by atoms with Gasteiger partial charge in [0.2, 0.25) is 11.2 Å². The Bertz CT molecular complexity index is 864. The van der Waals surface area contributed by atoms with Crippen molar-refractivity contribution >= 4 is 23.9 Å². The SMILES string of the molecule is C=CC1CC1(OC(=O)c1cccc(C(=O)OC2(C(=O)OC)CC2C=C)c1)C(=O)OC. The van der Waals surface area contributed by atoms with Crippen molar-refractivity contribution in [2.75, 3.05) is 14.2 Å². The highest BCUT2D eigenvalue weighted by Gasteiger charge is 2.64. The van der Waals surface area contributed by atoms with E-state index in [0.29, 0.717) is 0 Å². The molecule has 30 heavy (non-hydrogen) atoms. The van der Waals surface area contributed by atoms with Gasteiger partial charge < -0.3 is 18.9 Å². The Balaban J connectivity index is 1.76. The molecule has 0 heterocycles. The molecule has 2 aliphatic rings. The summed E-state index contributed by atoms with van der Waals surface area (Å²) in [5.41, 5.74) is -2.70. The first-order valence-electron chi connectivity index (χ1n) is 9.26. The molecule has 2 aliphatic carbocycles. The summed E-state index contributed by atoms with van der Waals surface area (Å²) in [6, 6.07) is 5.63. The number of carbonyl (C=O) groups is 4. The zero-order chi connectivity index (χ0) is 22.1. The molecule has 0 spiro atoms. The fourth-order valence-corrected chi connectivity index (χ4v) is 3.44. The van der Waals surface area contributed by atoms with Gasteiger partial charge in [0.05, 0.1) is 25.3 Å². The van der Waals surface area contributed by atoms with Crippen molar-refractivity contribution in [2.45, 2.75) is 24.0 Å². The van der Waals surface area contributed by atoms with Crippen LogP contribution in [0.3, 0.4) is 0 Å². The summed E-state index contributed by atoms with van der Waals surface area (Å²) in [7, 11) is 2.41. The van der Waals surface area contributed by atoms with Crippen molar-refractivity contribution in [1.29, 1.82) is 0 Å². The minimum atomic E-state index is -1.40. The highest BCUT2D eigenvalue weighted by Crippen LogP contribution is 2.50. The van der Waals surface area contributed by atoms with Crippen molar-refractivity contribution in [2.24, 2.45) is 11.8 Å². The van der Waals surface area contributed by atoms with Crippen LogP contribution in [0.2, 0.25) is 0 Å². The van der Waals surface area contributed by atoms with E-state index in [9.17, 15) is 19.2 Å². The van der Waals surface area contributed by atoms with Crippen LogP contribution in [0.1, 0.15) is 33.6 Å². The maximum atomic E-state index is 12.6. The minimum absolute atomic E-state index is 0.0469. The van der Waals surface area contributed by atoms with E-state index in [1.807, 2.05) is 0 Å². The molecule has 0 amide bonds. The van der Waals surface area contributed by atoms with Crippen molar-refractivity contribution in [3.05, 3.63) is 60.7 Å². The molecule has 4 atom stereocenters. The Kier molecular flexibility index (Phi) is 5.52. The molecule has 8 heteroatoms. The van der Waals surface area contributed by atoms with E-state index in [1.54, 1.807) is 0 Å². The number of benzene rings is 1. The van der Waals surface area contributed by atoms with E-state index in [4.69, 9.17) is 18.9 Å². The summed E-state index contributed by atoms with van der Waals surface area (Å²) in [5, 5.41) is 0. The number of esters is 4. The van der Waals surface area contributed by atoms with E-state index < -0.39 is 35.1 Å². The number of ether oxygens (including phenoxy) is 4. The fourth-order valence-electron chi connectivity index (χ4n) is 3.44. The van der Waals surface area contributed by atoms with Gasteiger partial charge in [0, 0.05) is 24.7 Å². The first-order valence-corrected chi connectivity index (χ1v) is 9.26. The second-order valence-corrected chi connectivity index (χ2v) is 7.21. The highest BCUT2D eigenvalue weighted by molar-refractivity contribution is 5.98. The van der Waals surface area contributed by atoms with Crippen LogP contribution in [-0.4, -0.2) is 49.3 Å². The van der Waals surface area contributed by atoms with Gasteiger partial charge in [0.25, 0.3) is 0 Å². The summed E-state index contributed by atoms with van der Waals surface area (Å²) in [5.74, 6) is -3.60. The Morgan fingerprint density at radius 1 is 0.867 bits per heavy atom. The predicted molar refractivity (Wildman–Crippen MR) is 103 cm³/mol. The number of methoxy groups -OCH3 is 2. The lowest BCUT2D eigenvalue weighted by Gasteiger charge is -2.17. The molecule has 158 valence electrons. The maximum Gasteiger partial charge on any atom is 0.351 e. The summed E-state index contributed by atoms with van der Waals surface area (Å²) in [6.07, 6.45) is 3.61. The van der Waals surface area contributed by atoms with Gasteiger partial charge in [-0.05, 0) is 18.2 Å². The van der Waals surface area contributed by atoms with E-state index >= 15 is 0 Å². The molecule has 1 aromatic carbocycles. The molecule has 0 aromatic heterocycles. The van der Waals surface area contributed by atoms with E-state index in [1.165, 1.54) is 50.6 Å². The molecule has 3 rings (SSSR count). The van der Waals surface area contributed by atoms with E-state index in [-0.39, 0.29) is 35.8 Å². The molecule has 4 unspecified atom stereocenters. The Morgan fingerprint density at radius 2 is 1.27 bits per heavy atom. The molecular weight excluding hydrogens is 392 g/mol. The molecule has 0 radical (unpaired) electrons. The van der Waals surface area contributed by atoms with Crippen molar-refractivity contribution < 1.29 is 38.1 Å². The van der Waals surface area contributed by atoms with Crippen LogP contribution in [0.5, 0.6) is 0 Å². The average Bonchev–Trinajstić information content (AvgIpc) is 3.67. The average molecular weight is 414 g/mol. The van der Waals surface area contributed by atoms with Gasteiger partial charge in [-0.2, -0.15) is 0 Å². The van der Waals surface area contributed by atoms with Gasteiger partial charge in [-0.25, -0.2) is 19.2 Å². The molecular formula is C22H22O8. The molecule has 1 aromatic rings. The summed E-state index contributed by atoms with van der Waals surface area (Å²) in [6.45, 7) is 7.24. The number of hydrogen-bond acceptors (Lipinski definition) is 8. The van der Waals surface area contributed by atoms with Crippen LogP contribution in [-0.2, 0) is 28.5 Å². The standard InChI is InChI=1S/C22H22O8/c1-5-15-11-21(15,19(25)27-3)29-17(23)13-8-7-9-14(10-13)18(24)30-22(20(26)28-4)12-16(22)6-2/h5-10,15-16H,1-2,11-12H2,3-4H3. The topological polar surface area (TPSA) is 105 Å². The monoisotopic (exact) mass is 414 g/mol. The van der Waals surface area contributed by atoms with Gasteiger partial charge in [0.1, 0.15) is 0 Å². The molecule has 0 bridgehead atoms. The smallest absolute Gasteiger partial charge is 0.351 e. The van der Waals surface area contributed by atoms with Crippen molar-refractivity contribution in [1.82, 2.24) is 0 Å². The quantitative estimate of drug-likeness (QED) is 0.362. The van der Waals surface area contributed by atoms with Gasteiger partial charge in [-0.3, -0.25) is 0 Å². The van der Waals surface area contributed by atoms with Gasteiger partial charge in [-0.15, -0.1) is 13.2 Å². The van der Waals surface area contributed by atoms with Crippen LogP contribution in [0, 0.1) is 11.8 Å². The zero-order valence-corrected chi connectivity index (χ0v) is 16.7. The second kappa shape index (κ2) is 7.78. The van der Waals surface area contributed by atoms with Crippen LogP contribution in [0.25, 0.3) is 0 Å². The molecule has 0 saturated heterocycles. The summed E-state index contributed by atoms with van der Waals surface area (Å²) < 4.78 is 20.3. The largest absolute Gasteiger partial charge is 0.466 e. The Hall–Kier alpha value is -3.42. The third kappa shape index (κ3) is 3.49. The third-order valence-electron chi connectivity index (χ3n) is 5.44. The Labute approximate surface area is 173 Å². The second-order valence-electron chi connectivity index (χ2n) is 7.21. The first kappa shape index (κ1) is 21.3. The predicted octanol–water partition coefficient (Wildman–Crippen LogP) is 2.24. The first-order chi connectivity index (χ1) is 14.3. The number of hydrogen-bond donors (Lipinski definition) is 0.